The van der Waals surface area contributed by atoms with Crippen LogP contribution in [0.2, 0.25) is 5.02 Å². The van der Waals surface area contributed by atoms with Gasteiger partial charge in [-0.1, -0.05) is 11.6 Å². The molecule has 6 heteroatoms. The van der Waals surface area contributed by atoms with Crippen LogP contribution in [0.1, 0.15) is 16.8 Å². The summed E-state index contributed by atoms with van der Waals surface area (Å²) in [6, 6.07) is 10.3. The highest BCUT2D eigenvalue weighted by atomic mass is 35.5. The Morgan fingerprint density at radius 1 is 1.14 bits per heavy atom. The summed E-state index contributed by atoms with van der Waals surface area (Å²) in [5, 5.41) is 0.661. The maximum absolute atomic E-state index is 11.8. The molecule has 0 radical (unpaired) electrons. The lowest BCUT2D eigenvalue weighted by Gasteiger charge is -2.07. The van der Waals surface area contributed by atoms with E-state index >= 15 is 0 Å². The van der Waals surface area contributed by atoms with Crippen LogP contribution >= 0.6 is 11.6 Å². The van der Waals surface area contributed by atoms with E-state index in [2.05, 4.69) is 4.98 Å². The fourth-order valence-electron chi connectivity index (χ4n) is 1.65. The predicted molar refractivity (Wildman–Crippen MR) is 82.6 cm³/mol. The number of hydrogen-bond acceptors (Lipinski definition) is 5. The summed E-state index contributed by atoms with van der Waals surface area (Å²) in [5.41, 5.74) is 0.388. The van der Waals surface area contributed by atoms with Crippen molar-refractivity contribution < 1.29 is 19.0 Å². The minimum atomic E-state index is -0.415. The van der Waals surface area contributed by atoms with E-state index in [0.29, 0.717) is 29.5 Å². The second-order valence-electron chi connectivity index (χ2n) is 4.38. The van der Waals surface area contributed by atoms with E-state index < -0.39 is 5.97 Å². The van der Waals surface area contributed by atoms with Gasteiger partial charge in [0.05, 0.1) is 25.9 Å². The molecule has 2 aromatic rings. The SMILES string of the molecule is COc1ccc(C(=O)OCCCOc2ccc(Cl)cc2)cn1. The molecule has 0 bridgehead atoms. The van der Waals surface area contributed by atoms with Crippen LogP contribution < -0.4 is 9.47 Å². The molecular formula is C16H16ClNO4. The van der Waals surface area contributed by atoms with Crippen LogP contribution in [0.3, 0.4) is 0 Å². The standard InChI is InChI=1S/C16H16ClNO4/c1-20-15-8-3-12(11-18-15)16(19)22-10-2-9-21-14-6-4-13(17)5-7-14/h3-8,11H,2,9-10H2,1H3. The van der Waals surface area contributed by atoms with Gasteiger partial charge in [0.2, 0.25) is 5.88 Å². The average Bonchev–Trinajstić information content (AvgIpc) is 2.56. The molecule has 0 amide bonds. The summed E-state index contributed by atoms with van der Waals surface area (Å²) in [4.78, 5) is 15.7. The van der Waals surface area contributed by atoms with Crippen molar-refractivity contribution in [3.8, 4) is 11.6 Å². The van der Waals surface area contributed by atoms with E-state index in [0.717, 1.165) is 5.75 Å². The Morgan fingerprint density at radius 2 is 1.91 bits per heavy atom. The zero-order valence-electron chi connectivity index (χ0n) is 12.1. The predicted octanol–water partition coefficient (Wildman–Crippen LogP) is 3.37. The lowest BCUT2D eigenvalue weighted by Crippen LogP contribution is -2.09. The highest BCUT2D eigenvalue weighted by molar-refractivity contribution is 6.30. The Bertz CT molecular complexity index is 599. The zero-order chi connectivity index (χ0) is 15.8. The summed E-state index contributed by atoms with van der Waals surface area (Å²) in [5.74, 6) is 0.768. The number of carbonyl (C=O) groups is 1. The molecule has 1 aromatic carbocycles. The van der Waals surface area contributed by atoms with Crippen LogP contribution in [-0.4, -0.2) is 31.3 Å². The first-order chi connectivity index (χ1) is 10.7. The number of halogens is 1. The van der Waals surface area contributed by atoms with Crippen molar-refractivity contribution in [2.24, 2.45) is 0 Å². The largest absolute Gasteiger partial charge is 0.493 e. The molecule has 1 aromatic heterocycles. The van der Waals surface area contributed by atoms with Crippen molar-refractivity contribution in [2.75, 3.05) is 20.3 Å². The van der Waals surface area contributed by atoms with E-state index in [1.54, 1.807) is 36.4 Å². The number of rotatable bonds is 7. The molecule has 0 aliphatic rings. The van der Waals surface area contributed by atoms with E-state index in [-0.39, 0.29) is 6.61 Å². The lowest BCUT2D eigenvalue weighted by atomic mass is 10.3. The van der Waals surface area contributed by atoms with Gasteiger partial charge in [-0.3, -0.25) is 0 Å². The van der Waals surface area contributed by atoms with Gasteiger partial charge in [-0.05, 0) is 30.3 Å². The van der Waals surface area contributed by atoms with Crippen LogP contribution in [0.4, 0.5) is 0 Å². The van der Waals surface area contributed by atoms with Crippen molar-refractivity contribution in [3.63, 3.8) is 0 Å². The van der Waals surface area contributed by atoms with Crippen molar-refractivity contribution in [1.29, 1.82) is 0 Å². The van der Waals surface area contributed by atoms with Gasteiger partial charge >= 0.3 is 5.97 Å². The topological polar surface area (TPSA) is 57.7 Å². The van der Waals surface area contributed by atoms with Crippen LogP contribution in [0, 0.1) is 0 Å². The van der Waals surface area contributed by atoms with Gasteiger partial charge in [0.15, 0.2) is 0 Å². The van der Waals surface area contributed by atoms with Gasteiger partial charge in [0.1, 0.15) is 5.75 Å². The van der Waals surface area contributed by atoms with Crippen LogP contribution in [-0.2, 0) is 4.74 Å². The quantitative estimate of drug-likeness (QED) is 0.578. The summed E-state index contributed by atoms with van der Waals surface area (Å²) in [6.07, 6.45) is 2.02. The van der Waals surface area contributed by atoms with Gasteiger partial charge in [0, 0.05) is 23.7 Å². The first kappa shape index (κ1) is 16.1. The van der Waals surface area contributed by atoms with E-state index in [1.165, 1.54) is 13.3 Å². The molecule has 116 valence electrons. The first-order valence-electron chi connectivity index (χ1n) is 6.74. The highest BCUT2D eigenvalue weighted by Crippen LogP contribution is 2.15. The van der Waals surface area contributed by atoms with Gasteiger partial charge < -0.3 is 14.2 Å². The van der Waals surface area contributed by atoms with Gasteiger partial charge in [-0.15, -0.1) is 0 Å². The van der Waals surface area contributed by atoms with Gasteiger partial charge in [-0.2, -0.15) is 0 Å². The third kappa shape index (κ3) is 4.93. The van der Waals surface area contributed by atoms with Crippen LogP contribution in [0.15, 0.2) is 42.6 Å². The fraction of sp³-hybridized carbons (Fsp3) is 0.250. The second-order valence-corrected chi connectivity index (χ2v) is 4.82. The van der Waals surface area contributed by atoms with Gasteiger partial charge in [0.25, 0.3) is 0 Å². The zero-order valence-corrected chi connectivity index (χ0v) is 12.9. The summed E-state index contributed by atoms with van der Waals surface area (Å²) >= 11 is 5.78. The minimum Gasteiger partial charge on any atom is -0.493 e. The molecule has 0 aliphatic carbocycles. The highest BCUT2D eigenvalue weighted by Gasteiger charge is 2.07. The maximum Gasteiger partial charge on any atom is 0.339 e. The van der Waals surface area contributed by atoms with E-state index in [1.807, 2.05) is 0 Å². The number of esters is 1. The Hall–Kier alpha value is -2.27. The number of nitrogens with zero attached hydrogens (tertiary/aromatic N) is 1. The number of aromatic nitrogens is 1. The molecule has 0 unspecified atom stereocenters. The molecule has 0 saturated carbocycles. The smallest absolute Gasteiger partial charge is 0.339 e. The third-order valence-electron chi connectivity index (χ3n) is 2.79. The Morgan fingerprint density at radius 3 is 2.55 bits per heavy atom. The van der Waals surface area contributed by atoms with Crippen molar-refractivity contribution >= 4 is 17.6 Å². The number of methoxy groups -OCH3 is 1. The molecule has 0 fully saturated rings. The summed E-state index contributed by atoms with van der Waals surface area (Å²) in [6.45, 7) is 0.730. The van der Waals surface area contributed by atoms with E-state index in [4.69, 9.17) is 25.8 Å². The second kappa shape index (κ2) is 8.24. The normalized spacial score (nSPS) is 10.1. The number of ether oxygens (including phenoxy) is 3. The molecule has 0 atom stereocenters. The number of pyridine rings is 1. The van der Waals surface area contributed by atoms with Crippen LogP contribution in [0.5, 0.6) is 11.6 Å². The molecule has 0 N–H and O–H groups in total. The Balaban J connectivity index is 1.67. The molecule has 0 spiro atoms. The monoisotopic (exact) mass is 321 g/mol. The minimum absolute atomic E-state index is 0.276. The molecule has 0 aliphatic heterocycles. The van der Waals surface area contributed by atoms with Crippen LogP contribution in [0.25, 0.3) is 0 Å². The fourth-order valence-corrected chi connectivity index (χ4v) is 1.78. The number of benzene rings is 1. The molecular weight excluding hydrogens is 306 g/mol. The third-order valence-corrected chi connectivity index (χ3v) is 3.04. The number of hydrogen-bond donors (Lipinski definition) is 0. The summed E-state index contributed by atoms with van der Waals surface area (Å²) < 4.78 is 15.6. The molecule has 2 rings (SSSR count). The molecule has 0 saturated heterocycles. The van der Waals surface area contributed by atoms with Gasteiger partial charge in [-0.25, -0.2) is 9.78 Å². The number of carbonyl (C=O) groups excluding carboxylic acids is 1. The maximum atomic E-state index is 11.8. The summed E-state index contributed by atoms with van der Waals surface area (Å²) in [7, 11) is 1.51. The van der Waals surface area contributed by atoms with E-state index in [9.17, 15) is 4.79 Å². The lowest BCUT2D eigenvalue weighted by molar-refractivity contribution is 0.0485. The Labute approximate surface area is 133 Å². The van der Waals surface area contributed by atoms with Crippen molar-refractivity contribution in [1.82, 2.24) is 4.98 Å². The molecule has 22 heavy (non-hydrogen) atoms. The first-order valence-corrected chi connectivity index (χ1v) is 7.12. The molecule has 1 heterocycles. The van der Waals surface area contributed by atoms with Crippen molar-refractivity contribution in [3.05, 3.63) is 53.2 Å². The molecule has 5 nitrogen and oxygen atoms in total. The Kier molecular flexibility index (Phi) is 6.03. The average molecular weight is 322 g/mol. The van der Waals surface area contributed by atoms with Crippen molar-refractivity contribution in [2.45, 2.75) is 6.42 Å².